The predicted molar refractivity (Wildman–Crippen MR) is 144 cm³/mol. The first-order valence-electron chi connectivity index (χ1n) is 11.7. The van der Waals surface area contributed by atoms with E-state index in [1.165, 1.54) is 65.3 Å². The molecule has 0 fully saturated rings. The molecule has 0 amide bonds. The number of hydrazine groups is 1. The molecule has 1 unspecified atom stereocenters. The number of hydrogen-bond donors (Lipinski definition) is 2. The molecule has 3 aromatic carbocycles. The summed E-state index contributed by atoms with van der Waals surface area (Å²) in [7, 11) is -3.98. The highest BCUT2D eigenvalue weighted by Gasteiger charge is 2.36. The number of carboxylic acid groups (broad SMARTS) is 1. The zero-order chi connectivity index (χ0) is 27.3. The molecule has 1 atom stereocenters. The van der Waals surface area contributed by atoms with Crippen LogP contribution in [0.2, 0.25) is 0 Å². The second-order valence-electron chi connectivity index (χ2n) is 9.26. The predicted octanol–water partition coefficient (Wildman–Crippen LogP) is 5.37. The van der Waals surface area contributed by atoms with E-state index in [4.69, 9.17) is 4.74 Å². The minimum absolute atomic E-state index is 0.0208. The maximum Gasteiger partial charge on any atom is 0.304 e. The number of carbonyl (C=O) groups is 1. The van der Waals surface area contributed by atoms with Gasteiger partial charge in [-0.15, -0.1) is 16.6 Å². The third-order valence-electron chi connectivity index (χ3n) is 5.56. The Morgan fingerprint density at radius 1 is 1.00 bits per heavy atom. The van der Waals surface area contributed by atoms with E-state index in [9.17, 15) is 22.7 Å². The average Bonchev–Trinajstić information content (AvgIpc) is 3.20. The number of nitrogens with zero attached hydrogens (tertiary/aromatic N) is 2. The van der Waals surface area contributed by atoms with Gasteiger partial charge in [0.15, 0.2) is 5.50 Å². The van der Waals surface area contributed by atoms with Crippen LogP contribution in [0.15, 0.2) is 96.2 Å². The normalized spacial score (nSPS) is 15.6. The van der Waals surface area contributed by atoms with E-state index >= 15 is 0 Å². The Kier molecular flexibility index (Phi) is 8.29. The van der Waals surface area contributed by atoms with E-state index in [2.05, 4.69) is 4.83 Å². The van der Waals surface area contributed by atoms with Gasteiger partial charge in [0.25, 0.3) is 10.0 Å². The van der Waals surface area contributed by atoms with Crippen molar-refractivity contribution in [1.82, 2.24) is 14.7 Å². The van der Waals surface area contributed by atoms with Crippen molar-refractivity contribution >= 4 is 27.8 Å². The molecular weight excluding hydrogens is 529 g/mol. The van der Waals surface area contributed by atoms with E-state index in [1.807, 2.05) is 49.1 Å². The number of rotatable bonds is 11. The topological polar surface area (TPSA) is 99.2 Å². The molecule has 3 aromatic rings. The fraction of sp³-hybridized carbons (Fsp3) is 0.222. The Morgan fingerprint density at radius 2 is 1.61 bits per heavy atom. The summed E-state index contributed by atoms with van der Waals surface area (Å²) < 4.78 is 44.6. The lowest BCUT2D eigenvalue weighted by atomic mass is 10.1. The van der Waals surface area contributed by atoms with Crippen molar-refractivity contribution in [3.63, 3.8) is 0 Å². The van der Waals surface area contributed by atoms with Crippen LogP contribution >= 0.6 is 11.8 Å². The van der Waals surface area contributed by atoms with Crippen LogP contribution in [0.25, 0.3) is 0 Å². The summed E-state index contributed by atoms with van der Waals surface area (Å²) in [6, 6.07) is 21.1. The van der Waals surface area contributed by atoms with Gasteiger partial charge in [-0.2, -0.15) is 0 Å². The van der Waals surface area contributed by atoms with E-state index in [1.54, 1.807) is 12.4 Å². The van der Waals surface area contributed by atoms with Crippen LogP contribution in [-0.2, 0) is 21.4 Å². The standard InChI is InChI=1S/C27H28FN3O5S2/c1-27(2,18-25(32)33)37-26-30(19-20-6-4-3-5-7-20)16-17-31(26)29-38(34,35)24-14-12-23(13-15-24)36-22-10-8-21(28)9-11-22/h3-17,26,29H,18-19H2,1-2H3,(H,32,33). The highest BCUT2D eigenvalue weighted by atomic mass is 32.2. The summed E-state index contributed by atoms with van der Waals surface area (Å²) in [4.78, 5) is 16.0. The quantitative estimate of drug-likeness (QED) is 0.325. The molecule has 38 heavy (non-hydrogen) atoms. The molecule has 0 saturated heterocycles. The number of aliphatic carboxylic acids is 1. The van der Waals surface area contributed by atoms with Crippen LogP contribution in [0.3, 0.4) is 0 Å². The largest absolute Gasteiger partial charge is 0.481 e. The van der Waals surface area contributed by atoms with Gasteiger partial charge in [-0.3, -0.25) is 9.80 Å². The molecule has 0 radical (unpaired) electrons. The summed E-state index contributed by atoms with van der Waals surface area (Å²) in [6.07, 6.45) is 3.31. The zero-order valence-corrected chi connectivity index (χ0v) is 22.5. The lowest BCUT2D eigenvalue weighted by molar-refractivity contribution is -0.137. The molecule has 0 aliphatic carbocycles. The smallest absolute Gasteiger partial charge is 0.304 e. The summed E-state index contributed by atoms with van der Waals surface area (Å²) >= 11 is 1.35. The highest BCUT2D eigenvalue weighted by Crippen LogP contribution is 2.38. The molecule has 11 heteroatoms. The van der Waals surface area contributed by atoms with Crippen molar-refractivity contribution in [2.75, 3.05) is 0 Å². The van der Waals surface area contributed by atoms with Crippen molar-refractivity contribution < 1.29 is 27.4 Å². The SMILES string of the molecule is CC(C)(CC(=O)O)SC1N(Cc2ccccc2)C=CN1NS(=O)(=O)c1ccc(Oc2ccc(F)cc2)cc1. The fourth-order valence-electron chi connectivity index (χ4n) is 3.80. The molecule has 200 valence electrons. The number of sulfonamides is 1. The molecule has 0 spiro atoms. The number of benzene rings is 3. The van der Waals surface area contributed by atoms with E-state index < -0.39 is 26.2 Å². The van der Waals surface area contributed by atoms with Crippen molar-refractivity contribution in [3.8, 4) is 11.5 Å². The zero-order valence-electron chi connectivity index (χ0n) is 20.8. The Balaban J connectivity index is 1.50. The van der Waals surface area contributed by atoms with Crippen LogP contribution in [0.4, 0.5) is 4.39 Å². The van der Waals surface area contributed by atoms with Gasteiger partial charge in [0.1, 0.15) is 17.3 Å². The van der Waals surface area contributed by atoms with Gasteiger partial charge < -0.3 is 14.7 Å². The minimum atomic E-state index is -3.98. The number of nitrogens with one attached hydrogen (secondary N) is 1. The summed E-state index contributed by atoms with van der Waals surface area (Å²) in [5, 5.41) is 10.8. The number of ether oxygens (including phenoxy) is 1. The fourth-order valence-corrected chi connectivity index (χ4v) is 6.20. The molecule has 0 saturated carbocycles. The Morgan fingerprint density at radius 3 is 2.21 bits per heavy atom. The highest BCUT2D eigenvalue weighted by molar-refractivity contribution is 8.01. The summed E-state index contributed by atoms with van der Waals surface area (Å²) in [5.74, 6) is -0.497. The van der Waals surface area contributed by atoms with Gasteiger partial charge in [-0.1, -0.05) is 30.3 Å². The van der Waals surface area contributed by atoms with E-state index in [0.29, 0.717) is 18.0 Å². The summed E-state index contributed by atoms with van der Waals surface area (Å²) in [6.45, 7) is 4.14. The lowest BCUT2D eigenvalue weighted by Gasteiger charge is -2.36. The van der Waals surface area contributed by atoms with Crippen LogP contribution in [0, 0.1) is 5.82 Å². The molecule has 8 nitrogen and oxygen atoms in total. The summed E-state index contributed by atoms with van der Waals surface area (Å²) in [5.41, 5.74) is 0.501. The second-order valence-corrected chi connectivity index (χ2v) is 12.7. The van der Waals surface area contributed by atoms with Crippen LogP contribution in [0.5, 0.6) is 11.5 Å². The molecule has 0 bridgehead atoms. The number of thioether (sulfide) groups is 1. The second kappa shape index (κ2) is 11.5. The first-order chi connectivity index (χ1) is 18.0. The lowest BCUT2D eigenvalue weighted by Crippen LogP contribution is -2.48. The molecule has 1 aliphatic rings. The maximum absolute atomic E-state index is 13.3. The number of hydrogen-bond acceptors (Lipinski definition) is 7. The molecule has 0 aromatic heterocycles. The molecule has 1 heterocycles. The van der Waals surface area contributed by atoms with E-state index in [0.717, 1.165) is 5.56 Å². The van der Waals surface area contributed by atoms with Crippen molar-refractivity contribution in [2.24, 2.45) is 0 Å². The Labute approximate surface area is 225 Å². The van der Waals surface area contributed by atoms with E-state index in [-0.39, 0.29) is 17.1 Å². The van der Waals surface area contributed by atoms with Crippen LogP contribution in [-0.4, -0.2) is 39.6 Å². The molecule has 1 aliphatic heterocycles. The van der Waals surface area contributed by atoms with Crippen molar-refractivity contribution in [1.29, 1.82) is 0 Å². The van der Waals surface area contributed by atoms with Gasteiger partial charge in [0, 0.05) is 23.7 Å². The minimum Gasteiger partial charge on any atom is -0.481 e. The molecule has 2 N–H and O–H groups in total. The van der Waals surface area contributed by atoms with Gasteiger partial charge in [-0.05, 0) is 67.9 Å². The molecule has 4 rings (SSSR count). The Hall–Kier alpha value is -3.54. The average molecular weight is 558 g/mol. The third kappa shape index (κ3) is 7.27. The first kappa shape index (κ1) is 27.5. The van der Waals surface area contributed by atoms with Crippen molar-refractivity contribution in [2.45, 2.75) is 42.0 Å². The van der Waals surface area contributed by atoms with Gasteiger partial charge in [0.05, 0.1) is 11.3 Å². The Bertz CT molecular complexity index is 1380. The van der Waals surface area contributed by atoms with Crippen molar-refractivity contribution in [3.05, 3.63) is 103 Å². The maximum atomic E-state index is 13.3. The van der Waals surface area contributed by atoms with Gasteiger partial charge in [-0.25, -0.2) is 12.8 Å². The number of carboxylic acids is 1. The first-order valence-corrected chi connectivity index (χ1v) is 14.1. The van der Waals surface area contributed by atoms with Gasteiger partial charge >= 0.3 is 5.97 Å². The van der Waals surface area contributed by atoms with Crippen LogP contribution in [0.1, 0.15) is 25.8 Å². The molecular formula is C27H28FN3O5S2. The van der Waals surface area contributed by atoms with Crippen LogP contribution < -0.4 is 9.57 Å². The third-order valence-corrected chi connectivity index (χ3v) is 8.39. The van der Waals surface area contributed by atoms with Gasteiger partial charge in [0.2, 0.25) is 0 Å². The monoisotopic (exact) mass is 557 g/mol. The number of halogens is 1.